The smallest absolute Gasteiger partial charge is 0.410 e. The van der Waals surface area contributed by atoms with Crippen LogP contribution < -0.4 is 5.32 Å². The largest absolute Gasteiger partial charge is 0.444 e. The molecule has 5 rings (SSSR count). The molecule has 2 amide bonds. The number of hydrogen-bond donors (Lipinski definition) is 1. The van der Waals surface area contributed by atoms with Crippen LogP contribution >= 0.6 is 15.9 Å². The summed E-state index contributed by atoms with van der Waals surface area (Å²) in [5.74, 6) is 2.30. The zero-order chi connectivity index (χ0) is 22.1. The van der Waals surface area contributed by atoms with Gasteiger partial charge >= 0.3 is 6.09 Å². The van der Waals surface area contributed by atoms with Gasteiger partial charge < -0.3 is 19.4 Å². The zero-order valence-corrected chi connectivity index (χ0v) is 19.9. The molecule has 8 heteroatoms. The van der Waals surface area contributed by atoms with Crippen molar-refractivity contribution in [3.8, 4) is 0 Å². The fourth-order valence-corrected chi connectivity index (χ4v) is 4.45. The second-order valence-corrected chi connectivity index (χ2v) is 10.5. The van der Waals surface area contributed by atoms with E-state index in [1.807, 2.05) is 62.2 Å². The van der Waals surface area contributed by atoms with Crippen LogP contribution in [-0.2, 0) is 15.1 Å². The number of carbonyl (C=O) groups excluding carboxylic acids is 2. The van der Waals surface area contributed by atoms with Crippen molar-refractivity contribution in [1.29, 1.82) is 0 Å². The number of nitrogens with one attached hydrogen (secondary N) is 1. The number of ether oxygens (including phenoxy) is 1. The van der Waals surface area contributed by atoms with Gasteiger partial charge in [-0.1, -0.05) is 0 Å². The zero-order valence-electron chi connectivity index (χ0n) is 18.3. The molecule has 1 saturated carbocycles. The Balaban J connectivity index is 0.000000172. The molecule has 1 aliphatic carbocycles. The van der Waals surface area contributed by atoms with E-state index in [0.29, 0.717) is 6.41 Å². The van der Waals surface area contributed by atoms with Gasteiger partial charge in [-0.15, -0.1) is 0 Å². The normalized spacial score (nSPS) is 20.7. The topological polar surface area (TPSA) is 75.9 Å². The third-order valence-electron chi connectivity index (χ3n) is 5.44. The predicted molar refractivity (Wildman–Crippen MR) is 119 cm³/mol. The van der Waals surface area contributed by atoms with Gasteiger partial charge in [0.15, 0.2) is 0 Å². The summed E-state index contributed by atoms with van der Waals surface area (Å²) in [5.41, 5.74) is 0.131. The maximum Gasteiger partial charge on any atom is 0.410 e. The monoisotopic (exact) mass is 478 g/mol. The van der Waals surface area contributed by atoms with Crippen molar-refractivity contribution < 1.29 is 14.3 Å². The summed E-state index contributed by atoms with van der Waals surface area (Å²) in [6.45, 7) is 11.4. The number of fused-ring (bicyclic) bond motifs is 3. The first-order valence-electron chi connectivity index (χ1n) is 10.3. The Morgan fingerprint density at radius 2 is 1.87 bits per heavy atom. The lowest BCUT2D eigenvalue weighted by Crippen LogP contribution is -2.52. The molecule has 0 radical (unpaired) electrons. The molecule has 4 heterocycles. The van der Waals surface area contributed by atoms with E-state index in [1.54, 1.807) is 6.20 Å². The van der Waals surface area contributed by atoms with Crippen molar-refractivity contribution in [1.82, 2.24) is 19.6 Å². The summed E-state index contributed by atoms with van der Waals surface area (Å²) < 4.78 is 8.27. The van der Waals surface area contributed by atoms with Crippen molar-refractivity contribution in [2.24, 2.45) is 11.8 Å². The molecule has 1 N–H and O–H groups in total. The summed E-state index contributed by atoms with van der Waals surface area (Å²) in [6, 6.07) is 3.89. The molecule has 2 aromatic heterocycles. The van der Waals surface area contributed by atoms with Crippen LogP contribution in [0, 0.1) is 11.8 Å². The number of carbonyl (C=O) groups is 2. The highest BCUT2D eigenvalue weighted by molar-refractivity contribution is 9.10. The fourth-order valence-electron chi connectivity index (χ4n) is 4.01. The second-order valence-electron chi connectivity index (χ2n) is 9.67. The highest BCUT2D eigenvalue weighted by Gasteiger charge is 2.40. The Hall–Kier alpha value is -2.09. The lowest BCUT2D eigenvalue weighted by molar-refractivity contribution is -0.111. The minimum absolute atomic E-state index is 0.132. The molecule has 2 aromatic rings. The van der Waals surface area contributed by atoms with Gasteiger partial charge in [0, 0.05) is 23.8 Å². The van der Waals surface area contributed by atoms with Crippen molar-refractivity contribution in [2.75, 3.05) is 13.1 Å². The van der Waals surface area contributed by atoms with E-state index < -0.39 is 5.54 Å². The summed E-state index contributed by atoms with van der Waals surface area (Å²) in [6.07, 6.45) is 6.91. The van der Waals surface area contributed by atoms with Gasteiger partial charge in [-0.05, 0) is 87.4 Å². The van der Waals surface area contributed by atoms with Crippen LogP contribution in [0.25, 0.3) is 5.52 Å². The van der Waals surface area contributed by atoms with Crippen molar-refractivity contribution in [3.63, 3.8) is 0 Å². The van der Waals surface area contributed by atoms with E-state index in [0.717, 1.165) is 40.7 Å². The molecule has 2 saturated heterocycles. The standard InChI is InChI=1S/C11H12BrN3O.C11H19NO2/c1-11(2,14-7-16)10-13-6-9-8(12)4-3-5-15(9)10;1-11(2,3)14-10(13)12-6-8-4-9(5-8)7-12/h3-7H,1-2H3,(H,14,16);8-9H,4-7H2,1-3H3. The van der Waals surface area contributed by atoms with Crippen LogP contribution in [0.3, 0.4) is 0 Å². The lowest BCUT2D eigenvalue weighted by Gasteiger charge is -2.47. The molecule has 3 fully saturated rings. The van der Waals surface area contributed by atoms with E-state index in [1.165, 1.54) is 12.8 Å². The first-order chi connectivity index (χ1) is 14.0. The number of aromatic nitrogens is 2. The summed E-state index contributed by atoms with van der Waals surface area (Å²) in [4.78, 5) is 28.5. The van der Waals surface area contributed by atoms with Gasteiger partial charge in [0.2, 0.25) is 6.41 Å². The molecule has 164 valence electrons. The molecule has 0 unspecified atom stereocenters. The first kappa shape index (κ1) is 22.6. The number of amides is 2. The van der Waals surface area contributed by atoms with Gasteiger partial charge in [0.25, 0.3) is 0 Å². The van der Waals surface area contributed by atoms with E-state index >= 15 is 0 Å². The number of rotatable bonds is 3. The van der Waals surface area contributed by atoms with Crippen molar-refractivity contribution in [2.45, 2.75) is 58.6 Å². The molecule has 0 aromatic carbocycles. The second kappa shape index (κ2) is 8.57. The molecule has 2 aliphatic heterocycles. The number of imidazole rings is 1. The third-order valence-corrected chi connectivity index (χ3v) is 6.11. The van der Waals surface area contributed by atoms with E-state index in [-0.39, 0.29) is 11.7 Å². The van der Waals surface area contributed by atoms with Crippen LogP contribution in [0.2, 0.25) is 0 Å². The third kappa shape index (κ3) is 5.14. The average Bonchev–Trinajstić information content (AvgIpc) is 3.07. The number of piperidine rings is 2. The van der Waals surface area contributed by atoms with Crippen LogP contribution in [-0.4, -0.2) is 45.5 Å². The van der Waals surface area contributed by atoms with Gasteiger partial charge in [-0.25, -0.2) is 9.78 Å². The molecular weight excluding hydrogens is 448 g/mol. The Morgan fingerprint density at radius 3 is 2.43 bits per heavy atom. The number of halogens is 1. The van der Waals surface area contributed by atoms with E-state index in [2.05, 4.69) is 26.2 Å². The minimum atomic E-state index is -0.491. The molecule has 2 bridgehead atoms. The quantitative estimate of drug-likeness (QED) is 0.665. The minimum Gasteiger partial charge on any atom is -0.444 e. The van der Waals surface area contributed by atoms with Crippen LogP contribution in [0.5, 0.6) is 0 Å². The van der Waals surface area contributed by atoms with Gasteiger partial charge in [-0.2, -0.15) is 0 Å². The van der Waals surface area contributed by atoms with Crippen LogP contribution in [0.1, 0.15) is 53.3 Å². The predicted octanol–water partition coefficient (Wildman–Crippen LogP) is 4.34. The average molecular weight is 479 g/mol. The summed E-state index contributed by atoms with van der Waals surface area (Å²) in [5, 5.41) is 2.76. The molecule has 3 aliphatic rings. The lowest BCUT2D eigenvalue weighted by atomic mass is 9.71. The van der Waals surface area contributed by atoms with Crippen molar-refractivity contribution in [3.05, 3.63) is 34.8 Å². The van der Waals surface area contributed by atoms with E-state index in [4.69, 9.17) is 4.74 Å². The molecule has 0 atom stereocenters. The number of hydrogen-bond acceptors (Lipinski definition) is 4. The Kier molecular flexibility index (Phi) is 6.45. The molecular formula is C22H31BrN4O3. The summed E-state index contributed by atoms with van der Waals surface area (Å²) >= 11 is 3.47. The van der Waals surface area contributed by atoms with E-state index in [9.17, 15) is 9.59 Å². The molecule has 30 heavy (non-hydrogen) atoms. The van der Waals surface area contributed by atoms with Crippen LogP contribution in [0.15, 0.2) is 29.0 Å². The van der Waals surface area contributed by atoms with Crippen LogP contribution in [0.4, 0.5) is 4.79 Å². The molecule has 0 spiro atoms. The first-order valence-corrected chi connectivity index (χ1v) is 11.1. The Labute approximate surface area is 186 Å². The number of pyridine rings is 1. The SMILES string of the molecule is CC(C)(C)OC(=O)N1CC2CC(C2)C1.CC(C)(NC=O)c1ncc2c(Br)cccn12. The van der Waals surface area contributed by atoms with Gasteiger partial charge in [0.1, 0.15) is 11.4 Å². The molecule has 7 nitrogen and oxygen atoms in total. The Morgan fingerprint density at radius 1 is 1.23 bits per heavy atom. The highest BCUT2D eigenvalue weighted by Crippen LogP contribution is 2.39. The maximum atomic E-state index is 11.7. The Bertz CT molecular complexity index is 903. The van der Waals surface area contributed by atoms with Gasteiger partial charge in [-0.3, -0.25) is 4.79 Å². The summed E-state index contributed by atoms with van der Waals surface area (Å²) in [7, 11) is 0. The number of nitrogens with zero attached hydrogens (tertiary/aromatic N) is 3. The maximum absolute atomic E-state index is 11.7. The fraction of sp³-hybridized carbons (Fsp3) is 0.591. The van der Waals surface area contributed by atoms with Crippen molar-refractivity contribution >= 4 is 33.9 Å². The highest BCUT2D eigenvalue weighted by atomic mass is 79.9. The van der Waals surface area contributed by atoms with Gasteiger partial charge in [0.05, 0.1) is 17.3 Å².